The monoisotopic (exact) mass is 259 g/mol. The van der Waals surface area contributed by atoms with Crippen LogP contribution in [0.25, 0.3) is 0 Å². The molecule has 1 aromatic carbocycles. The van der Waals surface area contributed by atoms with Crippen LogP contribution in [0.1, 0.15) is 18.9 Å². The molecule has 0 spiro atoms. The molecule has 0 radical (unpaired) electrons. The summed E-state index contributed by atoms with van der Waals surface area (Å²) in [5.41, 5.74) is 0.676. The van der Waals surface area contributed by atoms with E-state index in [-0.39, 0.29) is 11.2 Å². The smallest absolute Gasteiger partial charge is 0.131 e. The van der Waals surface area contributed by atoms with Crippen molar-refractivity contribution < 1.29 is 9.13 Å². The van der Waals surface area contributed by atoms with Gasteiger partial charge in [0.1, 0.15) is 11.6 Å². The van der Waals surface area contributed by atoms with E-state index in [9.17, 15) is 4.39 Å². The fourth-order valence-corrected chi connectivity index (χ4v) is 1.65. The second-order valence-corrected chi connectivity index (χ2v) is 5.01. The molecule has 0 amide bonds. The van der Waals surface area contributed by atoms with E-state index >= 15 is 0 Å². The highest BCUT2D eigenvalue weighted by molar-refractivity contribution is 6.20. The van der Waals surface area contributed by atoms with Gasteiger partial charge in [-0.15, -0.1) is 11.6 Å². The first kappa shape index (κ1) is 14.3. The van der Waals surface area contributed by atoms with E-state index < -0.39 is 0 Å². The summed E-state index contributed by atoms with van der Waals surface area (Å²) in [6.07, 6.45) is 0.899. The molecule has 2 nitrogen and oxygen atoms in total. The fourth-order valence-electron chi connectivity index (χ4n) is 1.55. The molecule has 1 rings (SSSR count). The lowest BCUT2D eigenvalue weighted by Crippen LogP contribution is -2.21. The van der Waals surface area contributed by atoms with Gasteiger partial charge in [0, 0.05) is 23.6 Å². The first-order valence-electron chi connectivity index (χ1n) is 5.68. The summed E-state index contributed by atoms with van der Waals surface area (Å²) in [5, 5.41) is 0.151. The highest BCUT2D eigenvalue weighted by Crippen LogP contribution is 2.17. The minimum absolute atomic E-state index is 0.151. The number of nitrogens with zero attached hydrogens (tertiary/aromatic N) is 1. The molecule has 0 N–H and O–H groups in total. The van der Waals surface area contributed by atoms with Crippen LogP contribution in [-0.4, -0.2) is 31.0 Å². The Morgan fingerprint density at radius 1 is 1.47 bits per heavy atom. The summed E-state index contributed by atoms with van der Waals surface area (Å²) in [5.74, 6) is 0.318. The Labute approximate surface area is 107 Å². The minimum atomic E-state index is -0.227. The van der Waals surface area contributed by atoms with E-state index in [0.29, 0.717) is 17.9 Å². The van der Waals surface area contributed by atoms with Crippen LogP contribution < -0.4 is 4.74 Å². The zero-order valence-electron chi connectivity index (χ0n) is 10.5. The lowest BCUT2D eigenvalue weighted by molar-refractivity contribution is 0.316. The molecular weight excluding hydrogens is 241 g/mol. The Kier molecular flexibility index (Phi) is 5.72. The van der Waals surface area contributed by atoms with E-state index in [1.54, 1.807) is 12.1 Å². The maximum absolute atomic E-state index is 13.7. The standard InChI is InChI=1S/C13H19ClFNO/c1-10(14)6-7-16(2)9-11-4-5-12(17-3)8-13(11)15/h4-5,8,10H,6-7,9H2,1-3H3. The molecule has 0 bridgehead atoms. The number of halogens is 2. The molecule has 0 saturated carbocycles. The number of rotatable bonds is 6. The van der Waals surface area contributed by atoms with Crippen LogP contribution in [0.5, 0.6) is 5.75 Å². The number of hydrogen-bond donors (Lipinski definition) is 0. The second kappa shape index (κ2) is 6.82. The molecule has 4 heteroatoms. The summed E-state index contributed by atoms with van der Waals surface area (Å²) in [7, 11) is 3.49. The summed E-state index contributed by atoms with van der Waals surface area (Å²) < 4.78 is 18.6. The molecule has 0 aromatic heterocycles. The van der Waals surface area contributed by atoms with Crippen LogP contribution in [0.3, 0.4) is 0 Å². The first-order valence-corrected chi connectivity index (χ1v) is 6.11. The number of benzene rings is 1. The van der Waals surface area contributed by atoms with Gasteiger partial charge in [-0.25, -0.2) is 4.39 Å². The van der Waals surface area contributed by atoms with Crippen molar-refractivity contribution in [2.75, 3.05) is 20.7 Å². The molecule has 0 aliphatic carbocycles. The number of hydrogen-bond acceptors (Lipinski definition) is 2. The normalized spacial score (nSPS) is 12.8. The highest BCUT2D eigenvalue weighted by atomic mass is 35.5. The maximum Gasteiger partial charge on any atom is 0.131 e. The molecule has 0 aliphatic heterocycles. The van der Waals surface area contributed by atoms with Gasteiger partial charge in [-0.2, -0.15) is 0 Å². The lowest BCUT2D eigenvalue weighted by Gasteiger charge is -2.17. The van der Waals surface area contributed by atoms with Gasteiger partial charge in [0.25, 0.3) is 0 Å². The first-order chi connectivity index (χ1) is 8.02. The Morgan fingerprint density at radius 2 is 2.18 bits per heavy atom. The Hall–Kier alpha value is -0.800. The van der Waals surface area contributed by atoms with Crippen LogP contribution in [-0.2, 0) is 6.54 Å². The van der Waals surface area contributed by atoms with Gasteiger partial charge in [-0.05, 0) is 33.0 Å². The number of methoxy groups -OCH3 is 1. The van der Waals surface area contributed by atoms with Gasteiger partial charge in [-0.3, -0.25) is 0 Å². The lowest BCUT2D eigenvalue weighted by atomic mass is 10.2. The molecule has 0 fully saturated rings. The van der Waals surface area contributed by atoms with Gasteiger partial charge in [0.15, 0.2) is 0 Å². The molecule has 1 aromatic rings. The van der Waals surface area contributed by atoms with E-state index in [1.807, 2.05) is 14.0 Å². The van der Waals surface area contributed by atoms with Gasteiger partial charge in [0.2, 0.25) is 0 Å². The van der Waals surface area contributed by atoms with Crippen LogP contribution in [0.4, 0.5) is 4.39 Å². The molecule has 0 heterocycles. The van der Waals surface area contributed by atoms with E-state index in [1.165, 1.54) is 13.2 Å². The van der Waals surface area contributed by atoms with Crippen molar-refractivity contribution >= 4 is 11.6 Å². The van der Waals surface area contributed by atoms with Crippen LogP contribution >= 0.6 is 11.6 Å². The third kappa shape index (κ3) is 4.92. The second-order valence-electron chi connectivity index (χ2n) is 4.26. The average Bonchev–Trinajstić information content (AvgIpc) is 2.29. The SMILES string of the molecule is COc1ccc(CN(C)CCC(C)Cl)c(F)c1. The van der Waals surface area contributed by atoms with Crippen LogP contribution in [0.2, 0.25) is 0 Å². The molecule has 0 aliphatic rings. The largest absolute Gasteiger partial charge is 0.497 e. The van der Waals surface area contributed by atoms with Gasteiger partial charge >= 0.3 is 0 Å². The Bertz CT molecular complexity index is 357. The Morgan fingerprint density at radius 3 is 2.71 bits per heavy atom. The summed E-state index contributed by atoms with van der Waals surface area (Å²) in [4.78, 5) is 2.06. The quantitative estimate of drug-likeness (QED) is 0.727. The topological polar surface area (TPSA) is 12.5 Å². The number of ether oxygens (including phenoxy) is 1. The summed E-state index contributed by atoms with van der Waals surface area (Å²) in [6.45, 7) is 3.40. The number of alkyl halides is 1. The zero-order chi connectivity index (χ0) is 12.8. The summed E-state index contributed by atoms with van der Waals surface area (Å²) >= 11 is 5.88. The van der Waals surface area contributed by atoms with Gasteiger partial charge in [0.05, 0.1) is 7.11 Å². The van der Waals surface area contributed by atoms with Crippen LogP contribution in [0, 0.1) is 5.82 Å². The van der Waals surface area contributed by atoms with Crippen LogP contribution in [0.15, 0.2) is 18.2 Å². The van der Waals surface area contributed by atoms with E-state index in [4.69, 9.17) is 16.3 Å². The summed E-state index contributed by atoms with van der Waals surface area (Å²) in [6, 6.07) is 4.94. The van der Waals surface area contributed by atoms with Gasteiger partial charge < -0.3 is 9.64 Å². The van der Waals surface area contributed by atoms with Crippen molar-refractivity contribution in [1.82, 2.24) is 4.90 Å². The molecule has 1 unspecified atom stereocenters. The van der Waals surface area contributed by atoms with Crippen molar-refractivity contribution in [1.29, 1.82) is 0 Å². The predicted molar refractivity (Wildman–Crippen MR) is 69.2 cm³/mol. The third-order valence-corrected chi connectivity index (χ3v) is 2.83. The minimum Gasteiger partial charge on any atom is -0.497 e. The average molecular weight is 260 g/mol. The van der Waals surface area contributed by atoms with E-state index in [2.05, 4.69) is 4.90 Å². The van der Waals surface area contributed by atoms with Crippen molar-refractivity contribution in [2.45, 2.75) is 25.3 Å². The van der Waals surface area contributed by atoms with Crippen molar-refractivity contribution in [3.05, 3.63) is 29.6 Å². The molecule has 17 heavy (non-hydrogen) atoms. The predicted octanol–water partition coefficient (Wildman–Crippen LogP) is 3.28. The highest BCUT2D eigenvalue weighted by Gasteiger charge is 2.08. The molecular formula is C13H19ClFNO. The van der Waals surface area contributed by atoms with Crippen molar-refractivity contribution in [2.24, 2.45) is 0 Å². The molecule has 0 saturated heterocycles. The maximum atomic E-state index is 13.7. The van der Waals surface area contributed by atoms with Crippen molar-refractivity contribution in [3.8, 4) is 5.75 Å². The molecule has 1 atom stereocenters. The fraction of sp³-hybridized carbons (Fsp3) is 0.538. The van der Waals surface area contributed by atoms with E-state index in [0.717, 1.165) is 13.0 Å². The van der Waals surface area contributed by atoms with Crippen molar-refractivity contribution in [3.63, 3.8) is 0 Å². The Balaban J connectivity index is 2.56. The molecule has 96 valence electrons. The zero-order valence-corrected chi connectivity index (χ0v) is 11.3. The van der Waals surface area contributed by atoms with Gasteiger partial charge in [-0.1, -0.05) is 6.07 Å². The third-order valence-electron chi connectivity index (χ3n) is 2.61.